The maximum Gasteiger partial charge on any atom is 0.254 e. The maximum absolute atomic E-state index is 10.2. The van der Waals surface area contributed by atoms with Crippen LogP contribution < -0.4 is 5.32 Å². The van der Waals surface area contributed by atoms with E-state index in [0.29, 0.717) is 17.3 Å². The molecule has 0 saturated carbocycles. The second kappa shape index (κ2) is 4.70. The van der Waals surface area contributed by atoms with E-state index in [0.717, 1.165) is 16.5 Å². The second-order valence-electron chi connectivity index (χ2n) is 5.10. The number of aromatic nitrogens is 4. The molecule has 0 spiro atoms. The van der Waals surface area contributed by atoms with E-state index in [-0.39, 0.29) is 5.75 Å². The smallest absolute Gasteiger partial charge is 0.254 e. The standard InChI is InChI=1S/C16H13N5O/c1-10-6-15(21-16(19-10)17-9-18-21)20-13-7-11-4-2-3-5-12(11)8-14(13)22/h2-9,20,22H,1H3. The summed E-state index contributed by atoms with van der Waals surface area (Å²) in [5.74, 6) is 1.40. The number of anilines is 2. The quantitative estimate of drug-likeness (QED) is 0.555. The SMILES string of the molecule is Cc1cc(Nc2cc3ccccc3cc2O)n2ncnc2n1. The fourth-order valence-corrected chi connectivity index (χ4v) is 2.49. The number of aromatic hydroxyl groups is 1. The molecule has 0 amide bonds. The summed E-state index contributed by atoms with van der Waals surface area (Å²) in [6.07, 6.45) is 1.45. The van der Waals surface area contributed by atoms with Gasteiger partial charge in [0.1, 0.15) is 17.9 Å². The third kappa shape index (κ3) is 2.01. The first kappa shape index (κ1) is 12.6. The molecular formula is C16H13N5O. The van der Waals surface area contributed by atoms with E-state index in [4.69, 9.17) is 0 Å². The van der Waals surface area contributed by atoms with Crippen LogP contribution in [0, 0.1) is 6.92 Å². The van der Waals surface area contributed by atoms with Crippen molar-refractivity contribution in [2.75, 3.05) is 5.32 Å². The van der Waals surface area contributed by atoms with Gasteiger partial charge in [-0.15, -0.1) is 0 Å². The Morgan fingerprint density at radius 3 is 2.68 bits per heavy atom. The lowest BCUT2D eigenvalue weighted by Crippen LogP contribution is -2.02. The molecule has 0 atom stereocenters. The number of rotatable bonds is 2. The lowest BCUT2D eigenvalue weighted by atomic mass is 10.1. The van der Waals surface area contributed by atoms with Gasteiger partial charge in [-0.05, 0) is 29.8 Å². The summed E-state index contributed by atoms with van der Waals surface area (Å²) in [5, 5.41) is 19.6. The summed E-state index contributed by atoms with van der Waals surface area (Å²) in [7, 11) is 0. The molecule has 6 nitrogen and oxygen atoms in total. The Kier molecular flexibility index (Phi) is 2.69. The van der Waals surface area contributed by atoms with Crippen molar-refractivity contribution in [1.82, 2.24) is 19.6 Å². The lowest BCUT2D eigenvalue weighted by Gasteiger charge is -2.11. The fraction of sp³-hybridized carbons (Fsp3) is 0.0625. The number of nitrogens with zero attached hydrogens (tertiary/aromatic N) is 4. The first-order valence-electron chi connectivity index (χ1n) is 6.87. The zero-order valence-electron chi connectivity index (χ0n) is 11.9. The number of phenols is 1. The third-order valence-corrected chi connectivity index (χ3v) is 3.51. The van der Waals surface area contributed by atoms with Crippen LogP contribution in [0.25, 0.3) is 16.6 Å². The molecule has 4 aromatic rings. The molecule has 4 rings (SSSR count). The summed E-state index contributed by atoms with van der Waals surface area (Å²) in [6, 6.07) is 13.4. The number of hydrogen-bond donors (Lipinski definition) is 2. The van der Waals surface area contributed by atoms with E-state index in [1.807, 2.05) is 43.3 Å². The van der Waals surface area contributed by atoms with Crippen molar-refractivity contribution in [3.8, 4) is 5.75 Å². The minimum atomic E-state index is 0.182. The highest BCUT2D eigenvalue weighted by Gasteiger charge is 2.09. The predicted molar refractivity (Wildman–Crippen MR) is 84.4 cm³/mol. The van der Waals surface area contributed by atoms with Crippen molar-refractivity contribution in [2.24, 2.45) is 0 Å². The number of aryl methyl sites for hydroxylation is 1. The Morgan fingerprint density at radius 1 is 1.09 bits per heavy atom. The molecule has 2 aromatic carbocycles. The van der Waals surface area contributed by atoms with Crippen LogP contribution in [-0.4, -0.2) is 24.7 Å². The van der Waals surface area contributed by atoms with Crippen LogP contribution in [0.5, 0.6) is 5.75 Å². The molecule has 0 fully saturated rings. The zero-order chi connectivity index (χ0) is 15.1. The highest BCUT2D eigenvalue weighted by atomic mass is 16.3. The Bertz CT molecular complexity index is 992. The minimum absolute atomic E-state index is 0.182. The van der Waals surface area contributed by atoms with Crippen LogP contribution in [0.4, 0.5) is 11.5 Å². The molecule has 2 heterocycles. The molecule has 0 bridgehead atoms. The number of fused-ring (bicyclic) bond motifs is 2. The normalized spacial score (nSPS) is 11.1. The minimum Gasteiger partial charge on any atom is -0.506 e. The van der Waals surface area contributed by atoms with Gasteiger partial charge in [0.25, 0.3) is 5.78 Å². The van der Waals surface area contributed by atoms with Gasteiger partial charge in [-0.3, -0.25) is 0 Å². The lowest BCUT2D eigenvalue weighted by molar-refractivity contribution is 0.478. The van der Waals surface area contributed by atoms with Crippen molar-refractivity contribution < 1.29 is 5.11 Å². The van der Waals surface area contributed by atoms with Crippen molar-refractivity contribution in [3.05, 3.63) is 54.5 Å². The predicted octanol–water partition coefficient (Wildman–Crippen LogP) is 3.04. The highest BCUT2D eigenvalue weighted by Crippen LogP contribution is 2.31. The van der Waals surface area contributed by atoms with Gasteiger partial charge in [0.2, 0.25) is 0 Å². The summed E-state index contributed by atoms with van der Waals surface area (Å²) in [6.45, 7) is 1.89. The highest BCUT2D eigenvalue weighted by molar-refractivity contribution is 5.89. The van der Waals surface area contributed by atoms with Gasteiger partial charge >= 0.3 is 0 Å². The van der Waals surface area contributed by atoms with Crippen LogP contribution >= 0.6 is 0 Å². The molecule has 2 aromatic heterocycles. The van der Waals surface area contributed by atoms with Crippen molar-refractivity contribution in [1.29, 1.82) is 0 Å². The Labute approximate surface area is 126 Å². The Morgan fingerprint density at radius 2 is 1.86 bits per heavy atom. The van der Waals surface area contributed by atoms with Crippen molar-refractivity contribution in [3.63, 3.8) is 0 Å². The van der Waals surface area contributed by atoms with Gasteiger partial charge in [-0.2, -0.15) is 14.6 Å². The second-order valence-corrected chi connectivity index (χ2v) is 5.10. The number of hydrogen-bond acceptors (Lipinski definition) is 5. The number of nitrogens with one attached hydrogen (secondary N) is 1. The molecule has 0 aliphatic heterocycles. The van der Waals surface area contributed by atoms with Gasteiger partial charge in [0.05, 0.1) is 5.69 Å². The average molecular weight is 291 g/mol. The average Bonchev–Trinajstić information content (AvgIpc) is 2.96. The summed E-state index contributed by atoms with van der Waals surface area (Å²) >= 11 is 0. The maximum atomic E-state index is 10.2. The van der Waals surface area contributed by atoms with Gasteiger partial charge < -0.3 is 10.4 Å². The van der Waals surface area contributed by atoms with Crippen molar-refractivity contribution >= 4 is 28.1 Å². The molecule has 0 unspecified atom stereocenters. The third-order valence-electron chi connectivity index (χ3n) is 3.51. The van der Waals surface area contributed by atoms with E-state index in [2.05, 4.69) is 20.4 Å². The van der Waals surface area contributed by atoms with Crippen LogP contribution in [0.2, 0.25) is 0 Å². The molecular weight excluding hydrogens is 278 g/mol. The molecule has 0 aliphatic carbocycles. The van der Waals surface area contributed by atoms with E-state index in [1.54, 1.807) is 10.6 Å². The molecule has 2 N–H and O–H groups in total. The monoisotopic (exact) mass is 291 g/mol. The van der Waals surface area contributed by atoms with E-state index in [9.17, 15) is 5.11 Å². The summed E-state index contributed by atoms with van der Waals surface area (Å²) in [5.41, 5.74) is 1.43. The van der Waals surface area contributed by atoms with Crippen LogP contribution in [-0.2, 0) is 0 Å². The fourth-order valence-electron chi connectivity index (χ4n) is 2.49. The summed E-state index contributed by atoms with van der Waals surface area (Å²) in [4.78, 5) is 8.39. The summed E-state index contributed by atoms with van der Waals surface area (Å²) < 4.78 is 1.60. The van der Waals surface area contributed by atoms with Crippen molar-refractivity contribution in [2.45, 2.75) is 6.92 Å². The van der Waals surface area contributed by atoms with Gasteiger partial charge in [0, 0.05) is 11.8 Å². The van der Waals surface area contributed by atoms with E-state index in [1.165, 1.54) is 6.33 Å². The Balaban J connectivity index is 1.85. The van der Waals surface area contributed by atoms with Gasteiger partial charge in [-0.1, -0.05) is 24.3 Å². The van der Waals surface area contributed by atoms with E-state index >= 15 is 0 Å². The molecule has 6 heteroatoms. The van der Waals surface area contributed by atoms with Crippen LogP contribution in [0.15, 0.2) is 48.8 Å². The van der Waals surface area contributed by atoms with Gasteiger partial charge in [-0.25, -0.2) is 4.98 Å². The van der Waals surface area contributed by atoms with Crippen LogP contribution in [0.3, 0.4) is 0 Å². The number of phenolic OH excluding ortho intramolecular Hbond substituents is 1. The zero-order valence-corrected chi connectivity index (χ0v) is 11.9. The first-order chi connectivity index (χ1) is 10.7. The molecule has 0 saturated heterocycles. The molecule has 108 valence electrons. The first-order valence-corrected chi connectivity index (χ1v) is 6.87. The molecule has 22 heavy (non-hydrogen) atoms. The number of benzene rings is 2. The Hall–Kier alpha value is -3.15. The molecule has 0 aliphatic rings. The van der Waals surface area contributed by atoms with Gasteiger partial charge in [0.15, 0.2) is 0 Å². The van der Waals surface area contributed by atoms with E-state index < -0.39 is 0 Å². The molecule has 0 radical (unpaired) electrons. The van der Waals surface area contributed by atoms with Crippen LogP contribution in [0.1, 0.15) is 5.69 Å². The largest absolute Gasteiger partial charge is 0.506 e. The topological polar surface area (TPSA) is 75.3 Å².